The first-order valence-electron chi connectivity index (χ1n) is 19.4. The van der Waals surface area contributed by atoms with Gasteiger partial charge in [-0.05, 0) is 84.3 Å². The van der Waals surface area contributed by atoms with Gasteiger partial charge in [-0.3, -0.25) is 0 Å². The van der Waals surface area contributed by atoms with Crippen LogP contribution in [0.5, 0.6) is 0 Å². The second-order valence-electron chi connectivity index (χ2n) is 14.7. The van der Waals surface area contributed by atoms with Crippen molar-refractivity contribution in [3.8, 4) is 56.4 Å². The lowest BCUT2D eigenvalue weighted by Crippen LogP contribution is -2.28. The number of benzene rings is 9. The summed E-state index contributed by atoms with van der Waals surface area (Å²) >= 11 is 0. The van der Waals surface area contributed by atoms with Crippen LogP contribution in [-0.4, -0.2) is 15.0 Å². The number of fused-ring (bicyclic) bond motifs is 6. The highest BCUT2D eigenvalue weighted by Gasteiger charge is 2.46. The van der Waals surface area contributed by atoms with E-state index in [1.165, 1.54) is 44.3 Å². The van der Waals surface area contributed by atoms with E-state index in [1.54, 1.807) is 0 Å². The molecule has 0 amide bonds. The van der Waals surface area contributed by atoms with Gasteiger partial charge in [0.05, 0.1) is 5.41 Å². The molecule has 1 aliphatic carbocycles. The van der Waals surface area contributed by atoms with Crippen LogP contribution in [0.15, 0.2) is 212 Å². The van der Waals surface area contributed by atoms with Gasteiger partial charge in [0.15, 0.2) is 17.5 Å². The molecular weight excluding hydrogens is 691 g/mol. The first-order valence-corrected chi connectivity index (χ1v) is 19.4. The summed E-state index contributed by atoms with van der Waals surface area (Å²) in [5, 5.41) is 4.59. The van der Waals surface area contributed by atoms with E-state index < -0.39 is 5.41 Å². The third-order valence-corrected chi connectivity index (χ3v) is 11.6. The van der Waals surface area contributed by atoms with Gasteiger partial charge in [0.2, 0.25) is 0 Å². The van der Waals surface area contributed by atoms with E-state index in [0.29, 0.717) is 17.5 Å². The molecule has 0 aliphatic heterocycles. The summed E-state index contributed by atoms with van der Waals surface area (Å²) < 4.78 is 0. The van der Waals surface area contributed by atoms with Crippen LogP contribution in [0.4, 0.5) is 0 Å². The van der Waals surface area contributed by atoms with Crippen molar-refractivity contribution < 1.29 is 0 Å². The van der Waals surface area contributed by atoms with Gasteiger partial charge in [0, 0.05) is 16.7 Å². The predicted octanol–water partition coefficient (Wildman–Crippen LogP) is 13.2. The van der Waals surface area contributed by atoms with Gasteiger partial charge in [-0.2, -0.15) is 0 Å². The van der Waals surface area contributed by atoms with Gasteiger partial charge in [-0.1, -0.05) is 194 Å². The molecule has 3 nitrogen and oxygen atoms in total. The van der Waals surface area contributed by atoms with Crippen molar-refractivity contribution in [3.63, 3.8) is 0 Å². The molecule has 1 aromatic heterocycles. The minimum absolute atomic E-state index is 0.462. The summed E-state index contributed by atoms with van der Waals surface area (Å²) in [6.07, 6.45) is 0. The number of hydrogen-bond donors (Lipinski definition) is 0. The van der Waals surface area contributed by atoms with Gasteiger partial charge >= 0.3 is 0 Å². The topological polar surface area (TPSA) is 38.7 Å². The van der Waals surface area contributed by atoms with E-state index >= 15 is 0 Å². The van der Waals surface area contributed by atoms with Crippen molar-refractivity contribution in [1.82, 2.24) is 15.0 Å². The van der Waals surface area contributed by atoms with Gasteiger partial charge in [-0.15, -0.1) is 0 Å². The normalized spacial score (nSPS) is 12.7. The third-order valence-electron chi connectivity index (χ3n) is 11.6. The summed E-state index contributed by atoms with van der Waals surface area (Å²) in [7, 11) is 0. The zero-order valence-electron chi connectivity index (χ0n) is 31.0. The molecule has 11 rings (SSSR count). The number of hydrogen-bond acceptors (Lipinski definition) is 3. The maximum atomic E-state index is 5.15. The maximum Gasteiger partial charge on any atom is 0.164 e. The van der Waals surface area contributed by atoms with E-state index in [9.17, 15) is 0 Å². The van der Waals surface area contributed by atoms with Crippen molar-refractivity contribution in [2.75, 3.05) is 0 Å². The van der Waals surface area contributed by atoms with Gasteiger partial charge in [0.25, 0.3) is 0 Å². The Kier molecular flexibility index (Phi) is 7.71. The summed E-state index contributed by atoms with van der Waals surface area (Å²) in [6.45, 7) is 0. The lowest BCUT2D eigenvalue weighted by Gasteiger charge is -2.34. The average molecular weight is 726 g/mol. The monoisotopic (exact) mass is 725 g/mol. The van der Waals surface area contributed by atoms with Gasteiger partial charge < -0.3 is 0 Å². The van der Waals surface area contributed by atoms with E-state index in [-0.39, 0.29) is 0 Å². The van der Waals surface area contributed by atoms with Crippen LogP contribution in [0.2, 0.25) is 0 Å². The fourth-order valence-electron chi connectivity index (χ4n) is 9.03. The smallest absolute Gasteiger partial charge is 0.164 e. The van der Waals surface area contributed by atoms with Crippen LogP contribution in [0.1, 0.15) is 22.3 Å². The lowest BCUT2D eigenvalue weighted by molar-refractivity contribution is 0.769. The highest BCUT2D eigenvalue weighted by molar-refractivity contribution is 6.14. The Bertz CT molecular complexity index is 3010. The van der Waals surface area contributed by atoms with E-state index in [2.05, 4.69) is 176 Å². The molecule has 0 spiro atoms. The molecular formula is C54H35N3. The fraction of sp³-hybridized carbons (Fsp3) is 0.0185. The van der Waals surface area contributed by atoms with Gasteiger partial charge in [0.1, 0.15) is 0 Å². The predicted molar refractivity (Wildman–Crippen MR) is 234 cm³/mol. The largest absolute Gasteiger partial charge is 0.208 e. The Hall–Kier alpha value is -7.49. The van der Waals surface area contributed by atoms with Crippen LogP contribution in [0, 0.1) is 0 Å². The van der Waals surface area contributed by atoms with Crippen LogP contribution in [-0.2, 0) is 5.41 Å². The standard InChI is InChI=1S/C54H35N3/c1-5-17-36(18-6-1)51-55-52(37-19-7-2-8-20-37)57-53(56-51)48-34-40-33-38(29-31-43(40)44-25-13-14-26-45(44)48)39-30-32-47-46-27-15-16-28-49(46)54(50(47)35-39,41-21-9-3-10-22-41)42-23-11-4-12-24-42/h1-35H. The Morgan fingerprint density at radius 2 is 0.772 bits per heavy atom. The number of nitrogens with zero attached hydrogens (tertiary/aromatic N) is 3. The Morgan fingerprint density at radius 3 is 1.42 bits per heavy atom. The highest BCUT2D eigenvalue weighted by Crippen LogP contribution is 2.56. The first-order chi connectivity index (χ1) is 28.3. The molecule has 0 unspecified atom stereocenters. The second kappa shape index (κ2) is 13.4. The third kappa shape index (κ3) is 5.32. The zero-order chi connectivity index (χ0) is 37.8. The van der Waals surface area contributed by atoms with Crippen molar-refractivity contribution in [3.05, 3.63) is 235 Å². The highest BCUT2D eigenvalue weighted by atomic mass is 15.0. The molecule has 0 N–H and O–H groups in total. The van der Waals surface area contributed by atoms with Gasteiger partial charge in [-0.25, -0.2) is 15.0 Å². The lowest BCUT2D eigenvalue weighted by atomic mass is 9.67. The van der Waals surface area contributed by atoms with Crippen LogP contribution in [0.25, 0.3) is 78.0 Å². The molecule has 1 heterocycles. The zero-order valence-corrected chi connectivity index (χ0v) is 31.0. The SMILES string of the molecule is c1ccc(-c2nc(-c3ccccc3)nc(-c3cc4cc(-c5ccc6c(c5)C(c5ccccc5)(c5ccccc5)c5ccccc5-6)ccc4c4ccccc34)n2)cc1. The maximum absolute atomic E-state index is 5.15. The molecule has 57 heavy (non-hydrogen) atoms. The van der Waals surface area contributed by atoms with Crippen molar-refractivity contribution >= 4 is 21.5 Å². The molecule has 0 fully saturated rings. The molecule has 3 heteroatoms. The molecule has 0 radical (unpaired) electrons. The van der Waals surface area contributed by atoms with Crippen LogP contribution in [0.3, 0.4) is 0 Å². The minimum Gasteiger partial charge on any atom is -0.208 e. The van der Waals surface area contributed by atoms with Crippen molar-refractivity contribution in [2.45, 2.75) is 5.41 Å². The quantitative estimate of drug-likeness (QED) is 0.160. The summed E-state index contributed by atoms with van der Waals surface area (Å²) in [5.74, 6) is 1.95. The number of aromatic nitrogens is 3. The summed E-state index contributed by atoms with van der Waals surface area (Å²) in [4.78, 5) is 15.3. The number of rotatable bonds is 6. The van der Waals surface area contributed by atoms with E-state index in [1.807, 2.05) is 36.4 Å². The molecule has 0 bridgehead atoms. The van der Waals surface area contributed by atoms with Crippen LogP contribution < -0.4 is 0 Å². The Labute approximate surface area is 331 Å². The van der Waals surface area contributed by atoms with Crippen molar-refractivity contribution in [1.29, 1.82) is 0 Å². The molecule has 1 aliphatic rings. The van der Waals surface area contributed by atoms with E-state index in [0.717, 1.165) is 38.4 Å². The summed E-state index contributed by atoms with van der Waals surface area (Å²) in [6, 6.07) is 76.0. The molecule has 9 aromatic carbocycles. The fourth-order valence-corrected chi connectivity index (χ4v) is 9.03. The molecule has 0 atom stereocenters. The molecule has 266 valence electrons. The molecule has 0 saturated heterocycles. The summed E-state index contributed by atoms with van der Waals surface area (Å²) in [5.41, 5.74) is 12.4. The molecule has 0 saturated carbocycles. The first kappa shape index (κ1) is 32.9. The Balaban J connectivity index is 1.12. The minimum atomic E-state index is -0.462. The molecule has 10 aromatic rings. The second-order valence-corrected chi connectivity index (χ2v) is 14.7. The van der Waals surface area contributed by atoms with Crippen molar-refractivity contribution in [2.24, 2.45) is 0 Å². The Morgan fingerprint density at radius 1 is 0.281 bits per heavy atom. The van der Waals surface area contributed by atoms with Crippen LogP contribution >= 0.6 is 0 Å². The average Bonchev–Trinajstić information content (AvgIpc) is 3.60. The van der Waals surface area contributed by atoms with E-state index in [4.69, 9.17) is 15.0 Å².